The number of thioether (sulfide) groups is 1. The predicted octanol–water partition coefficient (Wildman–Crippen LogP) is 3.22. The molecule has 25 heavy (non-hydrogen) atoms. The topological polar surface area (TPSA) is 94.8 Å². The number of carbonyl (C=O) groups is 3. The summed E-state index contributed by atoms with van der Waals surface area (Å²) < 4.78 is 15.8. The third kappa shape index (κ3) is 3.92. The van der Waals surface area contributed by atoms with Gasteiger partial charge in [-0.1, -0.05) is 6.07 Å². The number of rotatable bonds is 5. The number of benzene rings is 1. The Morgan fingerprint density at radius 3 is 2.76 bits per heavy atom. The van der Waals surface area contributed by atoms with Crippen LogP contribution in [-0.2, 0) is 4.79 Å². The van der Waals surface area contributed by atoms with Gasteiger partial charge < -0.3 is 13.9 Å². The summed E-state index contributed by atoms with van der Waals surface area (Å²) in [5, 5.41) is 1.77. The van der Waals surface area contributed by atoms with Crippen molar-refractivity contribution in [1.29, 1.82) is 0 Å². The Bertz CT molecular complexity index is 856. The summed E-state index contributed by atoms with van der Waals surface area (Å²) in [7, 11) is 0. The molecule has 0 atom stereocenters. The largest absolute Gasteiger partial charge is 0.490 e. The van der Waals surface area contributed by atoms with Crippen LogP contribution in [0, 0.1) is 0 Å². The van der Waals surface area contributed by atoms with Crippen LogP contribution < -0.4 is 14.8 Å². The zero-order valence-corrected chi connectivity index (χ0v) is 13.9. The summed E-state index contributed by atoms with van der Waals surface area (Å²) in [5.41, 5.74) is 0.633. The lowest BCUT2D eigenvalue weighted by Gasteiger charge is -2.10. The van der Waals surface area contributed by atoms with Crippen molar-refractivity contribution in [3.05, 3.63) is 52.8 Å². The van der Waals surface area contributed by atoms with Crippen LogP contribution >= 0.6 is 11.8 Å². The second-order valence-corrected chi connectivity index (χ2v) is 5.87. The van der Waals surface area contributed by atoms with Crippen molar-refractivity contribution in [2.24, 2.45) is 0 Å². The highest BCUT2D eigenvalue weighted by atomic mass is 32.2. The van der Waals surface area contributed by atoms with Gasteiger partial charge in [0, 0.05) is 0 Å². The number of hydrogen-bond donors (Lipinski definition) is 1. The fourth-order valence-electron chi connectivity index (χ4n) is 2.08. The molecule has 2 aromatic rings. The van der Waals surface area contributed by atoms with Crippen molar-refractivity contribution in [3.63, 3.8) is 0 Å². The second-order valence-electron chi connectivity index (χ2n) is 4.86. The van der Waals surface area contributed by atoms with Crippen molar-refractivity contribution in [3.8, 4) is 11.5 Å². The van der Waals surface area contributed by atoms with Crippen molar-refractivity contribution < 1.29 is 28.3 Å². The van der Waals surface area contributed by atoms with Gasteiger partial charge >= 0.3 is 5.97 Å². The summed E-state index contributed by atoms with van der Waals surface area (Å²) in [5.74, 6) is -0.447. The molecule has 1 aliphatic heterocycles. The molecule has 1 aliphatic rings. The van der Waals surface area contributed by atoms with E-state index >= 15 is 0 Å². The summed E-state index contributed by atoms with van der Waals surface area (Å²) in [6.07, 6.45) is 2.94. The van der Waals surface area contributed by atoms with Gasteiger partial charge in [-0.05, 0) is 54.6 Å². The average Bonchev–Trinajstić information content (AvgIpc) is 3.20. The summed E-state index contributed by atoms with van der Waals surface area (Å²) in [4.78, 5) is 35.1. The van der Waals surface area contributed by atoms with Crippen LogP contribution in [0.2, 0.25) is 0 Å². The minimum atomic E-state index is -0.645. The molecule has 0 saturated carbocycles. The quantitative estimate of drug-likeness (QED) is 0.497. The van der Waals surface area contributed by atoms with Crippen LogP contribution in [0.3, 0.4) is 0 Å². The first-order valence-electron chi connectivity index (χ1n) is 7.34. The van der Waals surface area contributed by atoms with Crippen LogP contribution in [-0.4, -0.2) is 23.7 Å². The first kappa shape index (κ1) is 16.8. The summed E-state index contributed by atoms with van der Waals surface area (Å²) >= 11 is 0.824. The standard InChI is InChI=1S/C17H13NO6S/c1-2-22-13-8-10(9-14-15(19)18-17(21)25-14)5-6-11(13)24-16(20)12-4-3-7-23-12/h3-9H,2H2,1H3,(H,18,19,21)/b14-9+. The number of carbonyl (C=O) groups excluding carboxylic acids is 3. The van der Waals surface area contributed by atoms with E-state index in [4.69, 9.17) is 13.9 Å². The SMILES string of the molecule is CCOc1cc(/C=C2/SC(=O)NC2=O)ccc1OC(=O)c1ccco1. The molecule has 7 nitrogen and oxygen atoms in total. The van der Waals surface area contributed by atoms with Crippen molar-refractivity contribution >= 4 is 35.0 Å². The Morgan fingerprint density at radius 1 is 1.28 bits per heavy atom. The molecule has 0 radical (unpaired) electrons. The van der Waals surface area contributed by atoms with Crippen LogP contribution in [0.25, 0.3) is 6.08 Å². The fraction of sp³-hybridized carbons (Fsp3) is 0.118. The lowest BCUT2D eigenvalue weighted by Crippen LogP contribution is -2.17. The zero-order valence-electron chi connectivity index (χ0n) is 13.1. The third-order valence-corrected chi connectivity index (χ3v) is 3.94. The van der Waals surface area contributed by atoms with Crippen LogP contribution in [0.4, 0.5) is 4.79 Å². The van der Waals surface area contributed by atoms with Gasteiger partial charge in [0.25, 0.3) is 11.1 Å². The highest BCUT2D eigenvalue weighted by Crippen LogP contribution is 2.32. The van der Waals surface area contributed by atoms with Gasteiger partial charge in [-0.15, -0.1) is 0 Å². The maximum Gasteiger partial charge on any atom is 0.379 e. The second kappa shape index (κ2) is 7.27. The molecule has 0 unspecified atom stereocenters. The molecular formula is C17H13NO6S. The summed E-state index contributed by atoms with van der Waals surface area (Å²) in [6.45, 7) is 2.15. The van der Waals surface area contributed by atoms with E-state index < -0.39 is 17.1 Å². The molecule has 0 bridgehead atoms. The molecule has 1 fully saturated rings. The number of amides is 2. The van der Waals surface area contributed by atoms with Gasteiger partial charge in [-0.2, -0.15) is 0 Å². The smallest absolute Gasteiger partial charge is 0.379 e. The Kier molecular flexibility index (Phi) is 4.90. The van der Waals surface area contributed by atoms with E-state index in [2.05, 4.69) is 5.32 Å². The number of furan rings is 1. The van der Waals surface area contributed by atoms with Gasteiger partial charge in [-0.25, -0.2) is 4.79 Å². The molecule has 1 N–H and O–H groups in total. The molecule has 0 aliphatic carbocycles. The molecule has 3 rings (SSSR count). The highest BCUT2D eigenvalue weighted by molar-refractivity contribution is 8.18. The maximum absolute atomic E-state index is 12.0. The number of imide groups is 1. The Morgan fingerprint density at radius 2 is 2.12 bits per heavy atom. The van der Waals surface area contributed by atoms with E-state index in [0.717, 1.165) is 11.8 Å². The zero-order chi connectivity index (χ0) is 17.8. The highest BCUT2D eigenvalue weighted by Gasteiger charge is 2.25. The van der Waals surface area contributed by atoms with Crippen LogP contribution in [0.5, 0.6) is 11.5 Å². The van der Waals surface area contributed by atoms with E-state index in [1.165, 1.54) is 12.3 Å². The number of ether oxygens (including phenoxy) is 2. The van der Waals surface area contributed by atoms with Gasteiger partial charge in [0.2, 0.25) is 5.76 Å². The molecule has 2 amide bonds. The van der Waals surface area contributed by atoms with Crippen LogP contribution in [0.15, 0.2) is 45.9 Å². The summed E-state index contributed by atoms with van der Waals surface area (Å²) in [6, 6.07) is 7.90. The average molecular weight is 359 g/mol. The molecule has 1 aromatic heterocycles. The first-order valence-corrected chi connectivity index (χ1v) is 8.16. The normalized spacial score (nSPS) is 15.3. The lowest BCUT2D eigenvalue weighted by atomic mass is 10.2. The minimum absolute atomic E-state index is 0.0752. The molecule has 1 saturated heterocycles. The molecule has 0 spiro atoms. The third-order valence-electron chi connectivity index (χ3n) is 3.13. The lowest BCUT2D eigenvalue weighted by molar-refractivity contribution is -0.115. The van der Waals surface area contributed by atoms with Gasteiger partial charge in [0.15, 0.2) is 11.5 Å². The monoisotopic (exact) mass is 359 g/mol. The van der Waals surface area contributed by atoms with E-state index in [0.29, 0.717) is 17.9 Å². The predicted molar refractivity (Wildman–Crippen MR) is 90.4 cm³/mol. The van der Waals surface area contributed by atoms with Crippen molar-refractivity contribution in [2.45, 2.75) is 6.92 Å². The van der Waals surface area contributed by atoms with E-state index in [1.807, 2.05) is 0 Å². The molecule has 128 valence electrons. The number of esters is 1. The number of nitrogens with one attached hydrogen (secondary N) is 1. The van der Waals surface area contributed by atoms with E-state index in [-0.39, 0.29) is 16.4 Å². The maximum atomic E-state index is 12.0. The number of hydrogen-bond acceptors (Lipinski definition) is 7. The van der Waals surface area contributed by atoms with Crippen LogP contribution in [0.1, 0.15) is 23.0 Å². The first-order chi connectivity index (χ1) is 12.1. The molecule has 2 heterocycles. The van der Waals surface area contributed by atoms with Gasteiger partial charge in [-0.3, -0.25) is 14.9 Å². The van der Waals surface area contributed by atoms with E-state index in [9.17, 15) is 14.4 Å². The Labute approximate surface area is 147 Å². The minimum Gasteiger partial charge on any atom is -0.490 e. The van der Waals surface area contributed by atoms with Gasteiger partial charge in [0.05, 0.1) is 17.8 Å². The Balaban J connectivity index is 1.85. The van der Waals surface area contributed by atoms with E-state index in [1.54, 1.807) is 37.3 Å². The van der Waals surface area contributed by atoms with Crippen molar-refractivity contribution in [1.82, 2.24) is 5.32 Å². The molecule has 8 heteroatoms. The van der Waals surface area contributed by atoms with Crippen molar-refractivity contribution in [2.75, 3.05) is 6.61 Å². The fourth-order valence-corrected chi connectivity index (χ4v) is 2.77. The molecular weight excluding hydrogens is 346 g/mol. The Hall–Kier alpha value is -3.00. The van der Waals surface area contributed by atoms with Gasteiger partial charge in [0.1, 0.15) is 0 Å². The molecule has 1 aromatic carbocycles.